The van der Waals surface area contributed by atoms with Crippen LogP contribution in [0.1, 0.15) is 5.56 Å². The van der Waals surface area contributed by atoms with Gasteiger partial charge in [-0.15, -0.1) is 0 Å². The molecular weight excluding hydrogens is 291 g/mol. The lowest BCUT2D eigenvalue weighted by molar-refractivity contribution is -0.0435. The lowest BCUT2D eigenvalue weighted by Gasteiger charge is -2.11. The summed E-state index contributed by atoms with van der Waals surface area (Å²) in [5, 5.41) is 0. The Morgan fingerprint density at radius 1 is 1.20 bits per heavy atom. The van der Waals surface area contributed by atoms with Gasteiger partial charge in [0.25, 0.3) is 9.84 Å². The van der Waals surface area contributed by atoms with Crippen LogP contribution in [-0.4, -0.2) is 18.9 Å². The Bertz CT molecular complexity index is 725. The van der Waals surface area contributed by atoms with E-state index < -0.39 is 20.2 Å². The van der Waals surface area contributed by atoms with Crippen LogP contribution in [0.4, 0.5) is 13.2 Å². The molecule has 0 bridgehead atoms. The summed E-state index contributed by atoms with van der Waals surface area (Å²) >= 11 is 0. The van der Waals surface area contributed by atoms with Gasteiger partial charge >= 0.3 is 5.51 Å². The van der Waals surface area contributed by atoms with Gasteiger partial charge in [-0.05, 0) is 36.2 Å². The zero-order valence-electron chi connectivity index (χ0n) is 10.3. The van der Waals surface area contributed by atoms with E-state index in [1.807, 2.05) is 0 Å². The maximum atomic E-state index is 12.5. The fourth-order valence-electron chi connectivity index (χ4n) is 1.69. The van der Waals surface area contributed by atoms with Crippen LogP contribution in [0, 0.1) is 13.1 Å². The minimum absolute atomic E-state index is 0.386. The second kappa shape index (κ2) is 4.90. The number of alkyl halides is 3. The Balaban J connectivity index is 2.62. The van der Waals surface area contributed by atoms with Crippen molar-refractivity contribution < 1.29 is 21.6 Å². The quantitative estimate of drug-likeness (QED) is 0.856. The molecule has 1 heterocycles. The third kappa shape index (κ3) is 2.53. The van der Waals surface area contributed by atoms with E-state index in [1.165, 1.54) is 18.3 Å². The summed E-state index contributed by atoms with van der Waals surface area (Å²) in [5.74, 6) is 0. The molecule has 0 fully saturated rings. The van der Waals surface area contributed by atoms with E-state index in [4.69, 9.17) is 0 Å². The Morgan fingerprint density at radius 3 is 2.45 bits per heavy atom. The van der Waals surface area contributed by atoms with Gasteiger partial charge in [0.05, 0.1) is 11.1 Å². The Morgan fingerprint density at radius 2 is 1.90 bits per heavy atom. The molecule has 1 radical (unpaired) electrons. The third-order valence-corrected chi connectivity index (χ3v) is 4.23. The molecule has 0 saturated heterocycles. The van der Waals surface area contributed by atoms with Crippen LogP contribution < -0.4 is 0 Å². The molecule has 0 aliphatic rings. The Kier molecular flexibility index (Phi) is 3.56. The van der Waals surface area contributed by atoms with E-state index in [0.717, 1.165) is 12.1 Å². The molecule has 105 valence electrons. The van der Waals surface area contributed by atoms with Crippen LogP contribution in [0.15, 0.2) is 41.4 Å². The Labute approximate surface area is 114 Å². The number of hydrogen-bond acceptors (Lipinski definition) is 3. The normalized spacial score (nSPS) is 12.4. The van der Waals surface area contributed by atoms with Gasteiger partial charge in [-0.3, -0.25) is 4.98 Å². The van der Waals surface area contributed by atoms with Gasteiger partial charge in [0.15, 0.2) is 0 Å². The SMILES string of the molecule is Cc1ccc(S(=O)(=O)C(F)(F)F)cc1-c1cc[c]nc1. The molecule has 3 nitrogen and oxygen atoms in total. The predicted molar refractivity (Wildman–Crippen MR) is 66.5 cm³/mol. The highest BCUT2D eigenvalue weighted by Crippen LogP contribution is 2.33. The number of pyridine rings is 1. The fraction of sp³-hybridized carbons (Fsp3) is 0.154. The average molecular weight is 300 g/mol. The molecule has 0 aliphatic carbocycles. The van der Waals surface area contributed by atoms with Crippen molar-refractivity contribution in [2.24, 2.45) is 0 Å². The smallest absolute Gasteiger partial charge is 0.254 e. The van der Waals surface area contributed by atoms with E-state index in [-0.39, 0.29) is 0 Å². The van der Waals surface area contributed by atoms with Crippen LogP contribution in [0.25, 0.3) is 11.1 Å². The predicted octanol–water partition coefficient (Wildman–Crippen LogP) is 3.15. The second-order valence-corrected chi connectivity index (χ2v) is 6.04. The topological polar surface area (TPSA) is 47.0 Å². The number of aromatic nitrogens is 1. The molecule has 0 aliphatic heterocycles. The van der Waals surface area contributed by atoms with Crippen LogP contribution in [0.3, 0.4) is 0 Å². The summed E-state index contributed by atoms with van der Waals surface area (Å²) in [7, 11) is -5.35. The van der Waals surface area contributed by atoms with Gasteiger partial charge in [-0.2, -0.15) is 13.2 Å². The van der Waals surface area contributed by atoms with Crippen molar-refractivity contribution in [2.75, 3.05) is 0 Å². The van der Waals surface area contributed by atoms with Crippen molar-refractivity contribution in [2.45, 2.75) is 17.3 Å². The minimum Gasteiger partial charge on any atom is -0.254 e. The summed E-state index contributed by atoms with van der Waals surface area (Å²) in [6, 6.07) is 6.39. The molecule has 0 unspecified atom stereocenters. The lowest BCUT2D eigenvalue weighted by atomic mass is 10.0. The molecular formula is C13H9F3NO2S. The van der Waals surface area contributed by atoms with Crippen molar-refractivity contribution >= 4 is 9.84 Å². The Hall–Kier alpha value is -1.89. The summed E-state index contributed by atoms with van der Waals surface area (Å²) in [6.45, 7) is 1.68. The fourth-order valence-corrected chi connectivity index (χ4v) is 2.48. The number of nitrogens with zero attached hydrogens (tertiary/aromatic N) is 1. The van der Waals surface area contributed by atoms with Crippen molar-refractivity contribution in [3.05, 3.63) is 48.3 Å². The van der Waals surface area contributed by atoms with Gasteiger partial charge < -0.3 is 0 Å². The monoisotopic (exact) mass is 300 g/mol. The van der Waals surface area contributed by atoms with Crippen LogP contribution in [0.2, 0.25) is 0 Å². The van der Waals surface area contributed by atoms with Crippen molar-refractivity contribution in [3.8, 4) is 11.1 Å². The van der Waals surface area contributed by atoms with E-state index in [0.29, 0.717) is 16.7 Å². The highest BCUT2D eigenvalue weighted by atomic mass is 32.2. The number of hydrogen-bond donors (Lipinski definition) is 0. The summed E-state index contributed by atoms with van der Waals surface area (Å²) in [6.07, 6.45) is 3.95. The first kappa shape index (κ1) is 14.5. The molecule has 0 saturated carbocycles. The average Bonchev–Trinajstić information content (AvgIpc) is 2.38. The van der Waals surface area contributed by atoms with E-state index in [9.17, 15) is 21.6 Å². The van der Waals surface area contributed by atoms with Crippen molar-refractivity contribution in [3.63, 3.8) is 0 Å². The van der Waals surface area contributed by atoms with Gasteiger partial charge in [-0.1, -0.05) is 12.1 Å². The van der Waals surface area contributed by atoms with E-state index >= 15 is 0 Å². The second-order valence-electron chi connectivity index (χ2n) is 4.10. The van der Waals surface area contributed by atoms with Crippen LogP contribution in [0.5, 0.6) is 0 Å². The van der Waals surface area contributed by atoms with Gasteiger partial charge in [-0.25, -0.2) is 8.42 Å². The minimum atomic E-state index is -5.35. The molecule has 1 aromatic heterocycles. The molecule has 1 aromatic carbocycles. The molecule has 0 spiro atoms. The maximum Gasteiger partial charge on any atom is 0.501 e. The van der Waals surface area contributed by atoms with E-state index in [2.05, 4.69) is 11.2 Å². The molecule has 2 aromatic rings. The van der Waals surface area contributed by atoms with Crippen LogP contribution in [-0.2, 0) is 9.84 Å². The molecule has 0 atom stereocenters. The standard InChI is InChI=1S/C13H9F3NO2S/c1-9-4-5-11(20(18,19)13(14,15)16)7-12(9)10-3-2-6-17-8-10/h2-5,7-8H,1H3. The number of aryl methyl sites for hydroxylation is 1. The number of sulfone groups is 1. The van der Waals surface area contributed by atoms with Crippen molar-refractivity contribution in [1.82, 2.24) is 4.98 Å². The summed E-state index contributed by atoms with van der Waals surface area (Å²) in [4.78, 5) is 2.97. The molecule has 0 amide bonds. The molecule has 0 N–H and O–H groups in total. The lowest BCUT2D eigenvalue weighted by Crippen LogP contribution is -2.23. The van der Waals surface area contributed by atoms with Gasteiger partial charge in [0.1, 0.15) is 0 Å². The highest BCUT2D eigenvalue weighted by Gasteiger charge is 2.46. The highest BCUT2D eigenvalue weighted by molar-refractivity contribution is 7.92. The largest absolute Gasteiger partial charge is 0.501 e. The third-order valence-electron chi connectivity index (χ3n) is 2.75. The molecule has 20 heavy (non-hydrogen) atoms. The first-order valence-electron chi connectivity index (χ1n) is 5.48. The molecule has 2 rings (SSSR count). The zero-order valence-corrected chi connectivity index (χ0v) is 11.1. The van der Waals surface area contributed by atoms with Crippen LogP contribution >= 0.6 is 0 Å². The number of rotatable bonds is 2. The first-order valence-corrected chi connectivity index (χ1v) is 6.96. The first-order chi connectivity index (χ1) is 9.23. The zero-order chi connectivity index (χ0) is 15.0. The summed E-state index contributed by atoms with van der Waals surface area (Å²) in [5.41, 5.74) is -3.75. The molecule has 7 heteroatoms. The summed E-state index contributed by atoms with van der Waals surface area (Å²) < 4.78 is 60.4. The number of halogens is 3. The van der Waals surface area contributed by atoms with E-state index in [1.54, 1.807) is 13.0 Å². The van der Waals surface area contributed by atoms with Gasteiger partial charge in [0.2, 0.25) is 0 Å². The van der Waals surface area contributed by atoms with Crippen molar-refractivity contribution in [1.29, 1.82) is 0 Å². The number of benzene rings is 1. The van der Waals surface area contributed by atoms with Gasteiger partial charge in [0, 0.05) is 11.8 Å². The maximum absolute atomic E-state index is 12.5.